The number of halogens is 1. The molecule has 0 bridgehead atoms. The van der Waals surface area contributed by atoms with Crippen LogP contribution in [0.5, 0.6) is 0 Å². The van der Waals surface area contributed by atoms with Crippen LogP contribution in [0.25, 0.3) is 11.0 Å². The van der Waals surface area contributed by atoms with Gasteiger partial charge in [0.05, 0.1) is 12.0 Å². The largest absolute Gasteiger partial charge is 0.481 e. The van der Waals surface area contributed by atoms with Crippen molar-refractivity contribution < 1.29 is 52.0 Å². The summed E-state index contributed by atoms with van der Waals surface area (Å²) >= 11 is 0. The number of fused-ring (bicyclic) bond motifs is 1. The number of hydrogen-bond donors (Lipinski definition) is 6. The number of nitrogens with zero attached hydrogens (tertiary/aromatic N) is 3. The molecule has 1 unspecified atom stereocenters. The minimum atomic E-state index is -5.41. The van der Waals surface area contributed by atoms with Crippen molar-refractivity contribution in [2.45, 2.75) is 24.1 Å². The highest BCUT2D eigenvalue weighted by molar-refractivity contribution is 7.60. The summed E-state index contributed by atoms with van der Waals surface area (Å²) in [6.07, 6.45) is -0.0960. The maximum Gasteiger partial charge on any atom is 0.481 e. The number of nitrogen functional groups attached to an aromatic ring is 1. The van der Waals surface area contributed by atoms with E-state index < -0.39 is 53.0 Å². The lowest BCUT2D eigenvalue weighted by atomic mass is 10.1. The van der Waals surface area contributed by atoms with Gasteiger partial charge in [-0.3, -0.25) is 9.09 Å². The molecular weight excluding hydrogens is 441 g/mol. The monoisotopic (exact) mass is 458 g/mol. The molecule has 29 heavy (non-hydrogen) atoms. The third-order valence-electron chi connectivity index (χ3n) is 4.18. The second kappa shape index (κ2) is 7.32. The van der Waals surface area contributed by atoms with Crippen LogP contribution in [0.3, 0.4) is 0 Å². The number of phosphoric acid groups is 2. The summed E-state index contributed by atoms with van der Waals surface area (Å²) in [7, 11) is -10.8. The molecule has 2 aromatic rings. The van der Waals surface area contributed by atoms with Crippen LogP contribution in [0.15, 0.2) is 18.6 Å². The van der Waals surface area contributed by atoms with Crippen molar-refractivity contribution in [3.8, 4) is 0 Å². The Morgan fingerprint density at radius 1 is 1.38 bits per heavy atom. The molecule has 17 heteroatoms. The van der Waals surface area contributed by atoms with Gasteiger partial charge < -0.3 is 35.4 Å². The van der Waals surface area contributed by atoms with E-state index in [1.807, 2.05) is 0 Å². The molecule has 162 valence electrons. The van der Waals surface area contributed by atoms with E-state index in [1.54, 1.807) is 0 Å². The molecule has 0 spiro atoms. The molecule has 1 fully saturated rings. The van der Waals surface area contributed by atoms with E-state index in [0.717, 1.165) is 10.9 Å². The van der Waals surface area contributed by atoms with E-state index in [2.05, 4.69) is 18.8 Å². The summed E-state index contributed by atoms with van der Waals surface area (Å²) in [5, 5.41) is 20.6. The Bertz CT molecular complexity index is 1020. The van der Waals surface area contributed by atoms with E-state index in [-0.39, 0.29) is 11.5 Å². The quantitative estimate of drug-likeness (QED) is 0.284. The van der Waals surface area contributed by atoms with E-state index in [1.165, 1.54) is 12.3 Å². The number of hydrogen-bond acceptors (Lipinski definition) is 10. The SMILES string of the molecule is Nc1ncnc2c1ccn2[C@]1(CO)O[C@](F)(COP(=O)(O)OP(=O)(O)O)C[C@H]1O. The predicted octanol–water partition coefficient (Wildman–Crippen LogP) is -0.668. The number of rotatable bonds is 7. The fourth-order valence-corrected chi connectivity index (χ4v) is 4.62. The first-order chi connectivity index (χ1) is 13.3. The zero-order valence-electron chi connectivity index (χ0n) is 14.4. The van der Waals surface area contributed by atoms with Crippen LogP contribution in [0.4, 0.5) is 10.2 Å². The number of phosphoric ester groups is 1. The molecule has 0 aliphatic carbocycles. The maximum atomic E-state index is 15.1. The Morgan fingerprint density at radius 2 is 2.07 bits per heavy atom. The minimum Gasteiger partial charge on any atom is -0.391 e. The van der Waals surface area contributed by atoms with E-state index in [0.29, 0.717) is 5.39 Å². The highest BCUT2D eigenvalue weighted by atomic mass is 31.3. The summed E-state index contributed by atoms with van der Waals surface area (Å²) in [5.74, 6) is -2.85. The Balaban J connectivity index is 1.88. The van der Waals surface area contributed by atoms with E-state index >= 15 is 4.39 Å². The predicted molar refractivity (Wildman–Crippen MR) is 91.5 cm³/mol. The molecule has 0 saturated carbocycles. The second-order valence-corrected chi connectivity index (χ2v) is 9.03. The summed E-state index contributed by atoms with van der Waals surface area (Å²) in [6, 6.07) is 1.45. The smallest absolute Gasteiger partial charge is 0.391 e. The van der Waals surface area contributed by atoms with Crippen LogP contribution in [0.1, 0.15) is 6.42 Å². The maximum absolute atomic E-state index is 15.1. The Hall–Kier alpha value is -1.51. The van der Waals surface area contributed by atoms with Crippen LogP contribution in [-0.4, -0.2) is 64.6 Å². The average Bonchev–Trinajstić information content (AvgIpc) is 3.12. The first-order valence-electron chi connectivity index (χ1n) is 7.81. The van der Waals surface area contributed by atoms with Gasteiger partial charge in [-0.1, -0.05) is 0 Å². The number of anilines is 1. The van der Waals surface area contributed by atoms with Crippen molar-refractivity contribution in [3.63, 3.8) is 0 Å². The standard InChI is InChI=1S/C12H17FN4O10P2/c13-11(5-25-29(23,24)27-28(20,21)22)3-8(19)12(4-18,26-11)17-2-1-7-9(14)15-6-16-10(7)17/h1-2,6,8,18-19H,3-5H2,(H,23,24)(H2,14,15,16)(H2,20,21,22)/t8-,11+,12-/m1/s1. The first-order valence-corrected chi connectivity index (χ1v) is 10.8. The third kappa shape index (κ3) is 4.34. The number of aliphatic hydroxyl groups is 2. The average molecular weight is 458 g/mol. The van der Waals surface area contributed by atoms with Crippen molar-refractivity contribution in [1.29, 1.82) is 0 Å². The van der Waals surface area contributed by atoms with Gasteiger partial charge >= 0.3 is 15.6 Å². The summed E-state index contributed by atoms with van der Waals surface area (Å²) in [5.41, 5.74) is 3.72. The van der Waals surface area contributed by atoms with Gasteiger partial charge in [0, 0.05) is 12.6 Å². The van der Waals surface area contributed by atoms with Gasteiger partial charge in [-0.2, -0.15) is 4.31 Å². The molecule has 0 amide bonds. The van der Waals surface area contributed by atoms with E-state index in [9.17, 15) is 24.2 Å². The number of aromatic nitrogens is 3. The van der Waals surface area contributed by atoms with Crippen molar-refractivity contribution in [2.75, 3.05) is 18.9 Å². The summed E-state index contributed by atoms with van der Waals surface area (Å²) in [6.45, 7) is -2.29. The molecule has 4 atom stereocenters. The van der Waals surface area contributed by atoms with Crippen molar-refractivity contribution in [3.05, 3.63) is 18.6 Å². The number of alkyl halides is 1. The molecule has 1 aliphatic heterocycles. The lowest BCUT2D eigenvalue weighted by Crippen LogP contribution is -2.46. The summed E-state index contributed by atoms with van der Waals surface area (Å²) in [4.78, 5) is 34.2. The molecular formula is C12H17FN4O10P2. The van der Waals surface area contributed by atoms with Crippen LogP contribution < -0.4 is 5.73 Å². The van der Waals surface area contributed by atoms with Gasteiger partial charge in [0.1, 0.15) is 30.5 Å². The fraction of sp³-hybridized carbons (Fsp3) is 0.500. The number of aliphatic hydroxyl groups excluding tert-OH is 2. The Morgan fingerprint density at radius 3 is 2.69 bits per heavy atom. The fourth-order valence-electron chi connectivity index (χ4n) is 3.00. The molecule has 7 N–H and O–H groups in total. The van der Waals surface area contributed by atoms with Crippen LogP contribution in [-0.2, 0) is 28.4 Å². The van der Waals surface area contributed by atoms with Gasteiger partial charge in [-0.05, 0) is 6.07 Å². The van der Waals surface area contributed by atoms with Gasteiger partial charge in [0.2, 0.25) is 5.85 Å². The molecule has 2 aromatic heterocycles. The third-order valence-corrected chi connectivity index (χ3v) is 6.31. The molecule has 1 aliphatic rings. The van der Waals surface area contributed by atoms with Gasteiger partial charge in [-0.25, -0.2) is 23.5 Å². The van der Waals surface area contributed by atoms with Gasteiger partial charge in [0.25, 0.3) is 0 Å². The zero-order chi connectivity index (χ0) is 21.7. The van der Waals surface area contributed by atoms with Crippen molar-refractivity contribution in [1.82, 2.24) is 14.5 Å². The van der Waals surface area contributed by atoms with Gasteiger partial charge in [-0.15, -0.1) is 0 Å². The Labute approximate surface area is 161 Å². The van der Waals surface area contributed by atoms with Gasteiger partial charge in [0.15, 0.2) is 5.72 Å². The molecule has 14 nitrogen and oxygen atoms in total. The number of nitrogens with two attached hydrogens (primary N) is 1. The zero-order valence-corrected chi connectivity index (χ0v) is 16.2. The van der Waals surface area contributed by atoms with Crippen LogP contribution in [0.2, 0.25) is 0 Å². The highest BCUT2D eigenvalue weighted by Gasteiger charge is 2.59. The first kappa shape index (κ1) is 22.2. The molecule has 0 aromatic carbocycles. The van der Waals surface area contributed by atoms with Crippen molar-refractivity contribution in [2.24, 2.45) is 0 Å². The second-order valence-electron chi connectivity index (χ2n) is 6.20. The Kier molecular flexibility index (Phi) is 5.60. The normalized spacial score (nSPS) is 29.9. The molecule has 3 heterocycles. The van der Waals surface area contributed by atoms with Crippen molar-refractivity contribution >= 4 is 32.5 Å². The molecule has 0 radical (unpaired) electrons. The minimum absolute atomic E-state index is 0.0833. The molecule has 3 rings (SSSR count). The summed E-state index contributed by atoms with van der Waals surface area (Å²) < 4.78 is 51.4. The molecule has 1 saturated heterocycles. The van der Waals surface area contributed by atoms with E-state index in [4.69, 9.17) is 20.3 Å². The van der Waals surface area contributed by atoms with Crippen LogP contribution >= 0.6 is 15.6 Å². The lowest BCUT2D eigenvalue weighted by Gasteiger charge is -2.33. The van der Waals surface area contributed by atoms with Crippen LogP contribution in [0, 0.1) is 0 Å². The topological polar surface area (TPSA) is 220 Å². The number of ether oxygens (including phenoxy) is 1. The lowest BCUT2D eigenvalue weighted by molar-refractivity contribution is -0.243. The highest BCUT2D eigenvalue weighted by Crippen LogP contribution is 2.58.